The maximum absolute atomic E-state index is 13.9. The molecule has 0 saturated carbocycles. The second-order valence-corrected chi connectivity index (χ2v) is 19.1. The highest BCUT2D eigenvalue weighted by atomic mass is 32.3. The van der Waals surface area contributed by atoms with Crippen LogP contribution in [-0.2, 0) is 39.3 Å². The molecule has 8 nitrogen and oxygen atoms in total. The van der Waals surface area contributed by atoms with Crippen LogP contribution in [0.4, 0.5) is 35.1 Å². The van der Waals surface area contributed by atoms with Crippen molar-refractivity contribution in [2.45, 2.75) is 40.7 Å². The van der Waals surface area contributed by atoms with Gasteiger partial charge in [-0.1, -0.05) is 13.8 Å². The summed E-state index contributed by atoms with van der Waals surface area (Å²) in [5, 5.41) is -3.75. The molecule has 0 radical (unpaired) electrons. The Morgan fingerprint density at radius 2 is 0.805 bits per heavy atom. The lowest BCUT2D eigenvalue weighted by Crippen LogP contribution is -2.20. The van der Waals surface area contributed by atoms with Crippen molar-refractivity contribution in [2.75, 3.05) is 22.7 Å². The minimum atomic E-state index is -5.10. The second kappa shape index (κ2) is 12.7. The van der Waals surface area contributed by atoms with Crippen molar-refractivity contribution in [1.82, 2.24) is 0 Å². The smallest absolute Gasteiger partial charge is 0.198 e. The molecule has 0 aliphatic carbocycles. The molecule has 0 amide bonds. The van der Waals surface area contributed by atoms with Gasteiger partial charge >= 0.3 is 0 Å². The fraction of sp³-hybridized carbons (Fsp3) is 0.400. The highest BCUT2D eigenvalue weighted by Gasteiger charge is 2.36. The average Bonchev–Trinajstić information content (AvgIpc) is 2.74. The lowest BCUT2D eigenvalue weighted by Gasteiger charge is -2.13. The maximum Gasteiger partial charge on any atom is 0.198 e. The third kappa shape index (κ3) is 9.01. The molecule has 0 heterocycles. The molecule has 0 bridgehead atoms. The predicted octanol–water partition coefficient (Wildman–Crippen LogP) is 3.85. The van der Waals surface area contributed by atoms with Crippen LogP contribution in [0.2, 0.25) is 0 Å². The van der Waals surface area contributed by atoms with E-state index in [0.29, 0.717) is 31.2 Å². The Morgan fingerprint density at radius 1 is 0.537 bits per heavy atom. The first-order chi connectivity index (χ1) is 18.2. The monoisotopic (exact) mass is 700 g/mol. The van der Waals surface area contributed by atoms with Gasteiger partial charge in [-0.25, -0.2) is 68.8 Å². The normalized spacial score (nSPS) is 12.8. The fourth-order valence-corrected chi connectivity index (χ4v) is 10.6. The first-order valence-corrected chi connectivity index (χ1v) is 18.6. The van der Waals surface area contributed by atoms with Crippen LogP contribution in [-0.4, -0.2) is 61.6 Å². The lowest BCUT2D eigenvalue weighted by atomic mass is 10.2. The third-order valence-electron chi connectivity index (χ3n) is 4.34. The van der Waals surface area contributed by atoms with E-state index in [1.54, 1.807) is 0 Å². The number of thioether (sulfide) groups is 1. The lowest BCUT2D eigenvalue weighted by molar-refractivity contribution is 0.395. The van der Waals surface area contributed by atoms with Gasteiger partial charge in [-0.2, -0.15) is 0 Å². The number of halogens is 8. The van der Waals surface area contributed by atoms with Gasteiger partial charge in [0.05, 0.1) is 4.90 Å². The maximum atomic E-state index is 13.9. The van der Waals surface area contributed by atoms with Crippen LogP contribution in [0, 0.1) is 53.5 Å². The van der Waals surface area contributed by atoms with Gasteiger partial charge in [0.2, 0.25) is 0 Å². The Labute approximate surface area is 234 Å². The zero-order valence-electron chi connectivity index (χ0n) is 21.3. The number of benzene rings is 2. The van der Waals surface area contributed by atoms with Gasteiger partial charge in [0.25, 0.3) is 0 Å². The fourth-order valence-electron chi connectivity index (χ4n) is 2.88. The molecule has 0 aliphatic rings. The van der Waals surface area contributed by atoms with Crippen molar-refractivity contribution in [3.63, 3.8) is 0 Å². The molecule has 0 fully saturated rings. The highest BCUT2D eigenvalue weighted by molar-refractivity contribution is 8.08. The summed E-state index contributed by atoms with van der Waals surface area (Å²) in [5.41, 5.74) is -1.03. The van der Waals surface area contributed by atoms with Crippen LogP contribution in [0.5, 0.6) is 0 Å². The molecule has 21 heteroatoms. The van der Waals surface area contributed by atoms with Crippen LogP contribution >= 0.6 is 11.8 Å². The van der Waals surface area contributed by atoms with Gasteiger partial charge in [0, 0.05) is 23.3 Å². The molecule has 0 N–H and O–H groups in total. The second-order valence-electron chi connectivity index (χ2n) is 8.61. The van der Waals surface area contributed by atoms with Gasteiger partial charge in [-0.15, -0.1) is 11.8 Å². The molecule has 0 spiro atoms. The molecule has 0 atom stereocenters. The van der Waals surface area contributed by atoms with E-state index in [9.17, 15) is 68.8 Å². The van der Waals surface area contributed by atoms with Crippen molar-refractivity contribution in [3.05, 3.63) is 52.1 Å². The van der Waals surface area contributed by atoms with Crippen molar-refractivity contribution < 1.29 is 68.8 Å². The Morgan fingerprint density at radius 3 is 1.05 bits per heavy atom. The van der Waals surface area contributed by atoms with Crippen LogP contribution in [0.15, 0.2) is 14.7 Å². The summed E-state index contributed by atoms with van der Waals surface area (Å²) in [6.45, 7) is 3.73. The number of hydrogen-bond donors (Lipinski definition) is 0. The summed E-state index contributed by atoms with van der Waals surface area (Å²) >= 11 is 0.469. The molecule has 0 saturated heterocycles. The van der Waals surface area contributed by atoms with Gasteiger partial charge in [0.1, 0.15) is 9.79 Å². The molecule has 0 aromatic heterocycles. The largest absolute Gasteiger partial charge is 0.228 e. The van der Waals surface area contributed by atoms with Gasteiger partial charge in [0.15, 0.2) is 96.1 Å². The van der Waals surface area contributed by atoms with Crippen molar-refractivity contribution >= 4 is 51.1 Å². The third-order valence-corrected chi connectivity index (χ3v) is 13.3. The first kappa shape index (κ1) is 37.1. The number of rotatable bonds is 8. The average molecular weight is 701 g/mol. The van der Waals surface area contributed by atoms with Crippen LogP contribution < -0.4 is 0 Å². The SMILES string of the molecule is CC(C)Sc1c(F)c(F)c(S(=O)(=O)CS(C)(=O)=O)c(F)c1F.Cc1c(F)c(F)c(S(=O)(=O)CS(C)(=O)=O)c(F)c1F. The summed E-state index contributed by atoms with van der Waals surface area (Å²) in [5.74, 6) is -16.1. The van der Waals surface area contributed by atoms with E-state index in [2.05, 4.69) is 0 Å². The summed E-state index contributed by atoms with van der Waals surface area (Å²) in [7, 11) is -18.5. The Hall–Kier alpha value is -1.97. The number of hydrogen-bond acceptors (Lipinski definition) is 9. The quantitative estimate of drug-likeness (QED) is 0.229. The zero-order chi connectivity index (χ0) is 32.6. The van der Waals surface area contributed by atoms with E-state index < -0.39 is 122 Å². The van der Waals surface area contributed by atoms with Gasteiger partial charge in [-0.3, -0.25) is 0 Å². The molecular formula is C20H20F8O8S5. The van der Waals surface area contributed by atoms with E-state index in [4.69, 9.17) is 0 Å². The summed E-state index contributed by atoms with van der Waals surface area (Å²) < 4.78 is 199. The van der Waals surface area contributed by atoms with Crippen molar-refractivity contribution in [1.29, 1.82) is 0 Å². The Bertz CT molecular complexity index is 1750. The van der Waals surface area contributed by atoms with Crippen LogP contribution in [0.1, 0.15) is 19.4 Å². The van der Waals surface area contributed by atoms with E-state index in [1.807, 2.05) is 0 Å². The molecule has 0 unspecified atom stereocenters. The van der Waals surface area contributed by atoms with Crippen molar-refractivity contribution in [3.8, 4) is 0 Å². The summed E-state index contributed by atoms with van der Waals surface area (Å²) in [6, 6.07) is 0. The molecule has 0 aliphatic heterocycles. The highest BCUT2D eigenvalue weighted by Crippen LogP contribution is 2.36. The van der Waals surface area contributed by atoms with Crippen molar-refractivity contribution in [2.24, 2.45) is 0 Å². The minimum Gasteiger partial charge on any atom is -0.228 e. The van der Waals surface area contributed by atoms with Crippen LogP contribution in [0.3, 0.4) is 0 Å². The Balaban J connectivity index is 0.000000414. The molecule has 234 valence electrons. The zero-order valence-corrected chi connectivity index (χ0v) is 25.4. The summed E-state index contributed by atoms with van der Waals surface area (Å²) in [6.07, 6.45) is 1.01. The Kier molecular flexibility index (Phi) is 11.5. The molecule has 2 aromatic carbocycles. The van der Waals surface area contributed by atoms with E-state index in [-0.39, 0.29) is 0 Å². The van der Waals surface area contributed by atoms with Crippen LogP contribution in [0.25, 0.3) is 0 Å². The number of sulfone groups is 4. The van der Waals surface area contributed by atoms with E-state index in [0.717, 1.165) is 0 Å². The molecular weight excluding hydrogens is 681 g/mol. The predicted molar refractivity (Wildman–Crippen MR) is 132 cm³/mol. The molecule has 2 rings (SSSR count). The van der Waals surface area contributed by atoms with E-state index >= 15 is 0 Å². The summed E-state index contributed by atoms with van der Waals surface area (Å²) in [4.78, 5) is -4.83. The molecule has 2 aromatic rings. The van der Waals surface area contributed by atoms with Gasteiger partial charge < -0.3 is 0 Å². The van der Waals surface area contributed by atoms with Gasteiger partial charge in [-0.05, 0) is 6.92 Å². The molecule has 41 heavy (non-hydrogen) atoms. The minimum absolute atomic E-state index is 0.429. The topological polar surface area (TPSA) is 137 Å². The van der Waals surface area contributed by atoms with E-state index in [1.165, 1.54) is 13.8 Å². The first-order valence-electron chi connectivity index (χ1n) is 10.3. The standard InChI is InChI=1S/C11H12F4O4S3.C9H8F4O4S2/c1-5(2)20-10-6(12)8(14)11(9(15)7(10)13)22(18,19)4-21(3,16)17;1-4-5(10)7(12)9(8(13)6(4)11)19(16,17)3-18(2,14)15/h5H,4H2,1-3H3;3H2,1-2H3.